The minimum absolute atomic E-state index is 0.281. The van der Waals surface area contributed by atoms with E-state index in [1.807, 2.05) is 18.2 Å². The van der Waals surface area contributed by atoms with Crippen molar-refractivity contribution in [2.24, 2.45) is 17.8 Å². The number of ether oxygens (including phenoxy) is 2. The van der Waals surface area contributed by atoms with Crippen molar-refractivity contribution in [2.75, 3.05) is 20.8 Å². The maximum atomic E-state index is 13.0. The second-order valence-electron chi connectivity index (χ2n) is 9.79. The van der Waals surface area contributed by atoms with E-state index in [0.29, 0.717) is 42.8 Å². The van der Waals surface area contributed by atoms with Gasteiger partial charge in [-0.2, -0.15) is 0 Å². The summed E-state index contributed by atoms with van der Waals surface area (Å²) in [7, 11) is 3.33. The van der Waals surface area contributed by atoms with Gasteiger partial charge in [0.2, 0.25) is 5.91 Å². The van der Waals surface area contributed by atoms with E-state index in [1.165, 1.54) is 11.1 Å². The lowest BCUT2D eigenvalue weighted by Crippen LogP contribution is -2.37. The third kappa shape index (κ3) is 3.88. The van der Waals surface area contributed by atoms with Gasteiger partial charge in [0.15, 0.2) is 0 Å². The molecule has 0 aromatic heterocycles. The number of benzene rings is 2. The Labute approximate surface area is 191 Å². The van der Waals surface area contributed by atoms with Crippen LogP contribution in [-0.2, 0) is 24.2 Å². The van der Waals surface area contributed by atoms with Gasteiger partial charge in [-0.3, -0.25) is 4.79 Å². The van der Waals surface area contributed by atoms with Gasteiger partial charge in [0, 0.05) is 36.7 Å². The number of fused-ring (bicyclic) bond motifs is 2. The molecule has 1 saturated heterocycles. The number of hydrogen-bond donors (Lipinski definition) is 1. The zero-order valence-electron chi connectivity index (χ0n) is 19.3. The van der Waals surface area contributed by atoms with Crippen LogP contribution in [0.2, 0.25) is 0 Å². The lowest BCUT2D eigenvalue weighted by Gasteiger charge is -2.26. The largest absolute Gasteiger partial charge is 0.497 e. The third-order valence-electron chi connectivity index (χ3n) is 8.05. The highest BCUT2D eigenvalue weighted by Gasteiger charge is 2.50. The fourth-order valence-corrected chi connectivity index (χ4v) is 6.32. The van der Waals surface area contributed by atoms with Gasteiger partial charge in [0.1, 0.15) is 11.5 Å². The molecule has 5 rings (SSSR count). The molecular weight excluding hydrogens is 400 g/mol. The molecule has 32 heavy (non-hydrogen) atoms. The highest BCUT2D eigenvalue weighted by molar-refractivity contribution is 5.79. The number of amides is 1. The first-order valence-electron chi connectivity index (χ1n) is 11.9. The molecule has 2 aliphatic carbocycles. The standard InChI is InChI=1S/C27H34N2O3/c1-17-10-25-23(24(17)15-28-21-11-18-6-4-5-7-19(18)12-21)14-27(30)29(25)16-20-8-9-22(31-2)13-26(20)32-3/h4-9,13,17,21,23-25,28H,10-12,14-16H2,1-3H3/t17-,23-,24+,25+/m0/s1. The molecule has 3 aliphatic rings. The van der Waals surface area contributed by atoms with Gasteiger partial charge in [-0.25, -0.2) is 0 Å². The summed E-state index contributed by atoms with van der Waals surface area (Å²) in [5.74, 6) is 3.45. The molecule has 5 nitrogen and oxygen atoms in total. The average molecular weight is 435 g/mol. The first-order valence-corrected chi connectivity index (χ1v) is 11.9. The Bertz CT molecular complexity index is 966. The van der Waals surface area contributed by atoms with Crippen molar-refractivity contribution in [3.05, 3.63) is 59.2 Å². The number of likely N-dealkylation sites (tertiary alicyclic amines) is 1. The molecule has 4 atom stereocenters. The maximum Gasteiger partial charge on any atom is 0.223 e. The van der Waals surface area contributed by atoms with E-state index >= 15 is 0 Å². The predicted molar refractivity (Wildman–Crippen MR) is 125 cm³/mol. The van der Waals surface area contributed by atoms with Gasteiger partial charge in [-0.1, -0.05) is 31.2 Å². The minimum atomic E-state index is 0.281. The summed E-state index contributed by atoms with van der Waals surface area (Å²) < 4.78 is 10.9. The summed E-state index contributed by atoms with van der Waals surface area (Å²) in [6.45, 7) is 3.98. The first kappa shape index (κ1) is 21.3. The smallest absolute Gasteiger partial charge is 0.223 e. The van der Waals surface area contributed by atoms with Crippen molar-refractivity contribution >= 4 is 5.91 Å². The Morgan fingerprint density at radius 3 is 2.47 bits per heavy atom. The van der Waals surface area contributed by atoms with Gasteiger partial charge in [-0.15, -0.1) is 0 Å². The lowest BCUT2D eigenvalue weighted by atomic mass is 9.88. The van der Waals surface area contributed by atoms with Crippen molar-refractivity contribution in [3.8, 4) is 11.5 Å². The number of nitrogens with zero attached hydrogens (tertiary/aromatic N) is 1. The zero-order chi connectivity index (χ0) is 22.2. The van der Waals surface area contributed by atoms with Crippen LogP contribution in [0.1, 0.15) is 36.5 Å². The highest BCUT2D eigenvalue weighted by Crippen LogP contribution is 2.46. The number of methoxy groups -OCH3 is 2. The molecule has 0 unspecified atom stereocenters. The fourth-order valence-electron chi connectivity index (χ4n) is 6.32. The number of carbonyl (C=O) groups excluding carboxylic acids is 1. The lowest BCUT2D eigenvalue weighted by molar-refractivity contribution is -0.129. The average Bonchev–Trinajstić information content (AvgIpc) is 3.44. The van der Waals surface area contributed by atoms with Crippen LogP contribution in [0, 0.1) is 17.8 Å². The summed E-state index contributed by atoms with van der Waals surface area (Å²) in [4.78, 5) is 15.1. The maximum absolute atomic E-state index is 13.0. The Kier molecular flexibility index (Phi) is 5.85. The summed E-state index contributed by atoms with van der Waals surface area (Å²) in [5.41, 5.74) is 4.01. The SMILES string of the molecule is COc1ccc(CN2C(=O)C[C@H]3[C@H](CNC4Cc5ccccc5C4)[C@@H](C)C[C@H]32)c(OC)c1. The van der Waals surface area contributed by atoms with Gasteiger partial charge in [-0.05, 0) is 66.8 Å². The van der Waals surface area contributed by atoms with E-state index in [-0.39, 0.29) is 5.91 Å². The topological polar surface area (TPSA) is 50.8 Å². The Balaban J connectivity index is 1.24. The number of rotatable bonds is 7. The molecule has 1 saturated carbocycles. The van der Waals surface area contributed by atoms with Crippen LogP contribution >= 0.6 is 0 Å². The van der Waals surface area contributed by atoms with Crippen LogP contribution in [0.5, 0.6) is 11.5 Å². The molecule has 5 heteroatoms. The van der Waals surface area contributed by atoms with Crippen molar-refractivity contribution < 1.29 is 14.3 Å². The molecule has 1 N–H and O–H groups in total. The quantitative estimate of drug-likeness (QED) is 0.720. The van der Waals surface area contributed by atoms with Crippen LogP contribution < -0.4 is 14.8 Å². The van der Waals surface area contributed by atoms with E-state index < -0.39 is 0 Å². The second kappa shape index (κ2) is 8.78. The van der Waals surface area contributed by atoms with Crippen molar-refractivity contribution in [2.45, 2.75) is 51.2 Å². The second-order valence-corrected chi connectivity index (χ2v) is 9.79. The van der Waals surface area contributed by atoms with E-state index in [9.17, 15) is 4.79 Å². The van der Waals surface area contributed by atoms with Crippen molar-refractivity contribution in [1.29, 1.82) is 0 Å². The van der Waals surface area contributed by atoms with Gasteiger partial charge < -0.3 is 19.7 Å². The number of hydrogen-bond acceptors (Lipinski definition) is 4. The van der Waals surface area contributed by atoms with Crippen LogP contribution in [-0.4, -0.2) is 43.7 Å². The molecule has 1 aliphatic heterocycles. The van der Waals surface area contributed by atoms with Gasteiger partial charge in [0.25, 0.3) is 0 Å². The molecule has 170 valence electrons. The van der Waals surface area contributed by atoms with E-state index in [4.69, 9.17) is 9.47 Å². The Morgan fingerprint density at radius 1 is 1.03 bits per heavy atom. The Hall–Kier alpha value is -2.53. The highest BCUT2D eigenvalue weighted by atomic mass is 16.5. The summed E-state index contributed by atoms with van der Waals surface area (Å²) in [6.07, 6.45) is 4.00. The van der Waals surface area contributed by atoms with Crippen LogP contribution in [0.4, 0.5) is 0 Å². The minimum Gasteiger partial charge on any atom is -0.497 e. The normalized spacial score (nSPS) is 27.0. The van der Waals surface area contributed by atoms with Gasteiger partial charge >= 0.3 is 0 Å². The molecule has 0 bridgehead atoms. The molecule has 2 fully saturated rings. The van der Waals surface area contributed by atoms with Crippen molar-refractivity contribution in [1.82, 2.24) is 10.2 Å². The summed E-state index contributed by atoms with van der Waals surface area (Å²) in [6, 6.07) is 15.5. The van der Waals surface area contributed by atoms with E-state index in [2.05, 4.69) is 41.4 Å². The summed E-state index contributed by atoms with van der Waals surface area (Å²) >= 11 is 0. The van der Waals surface area contributed by atoms with Crippen LogP contribution in [0.25, 0.3) is 0 Å². The molecule has 0 radical (unpaired) electrons. The molecule has 1 amide bonds. The predicted octanol–water partition coefficient (Wildman–Crippen LogP) is 3.83. The first-order chi connectivity index (χ1) is 15.6. The molecule has 2 aromatic carbocycles. The molecular formula is C27H34N2O3. The van der Waals surface area contributed by atoms with Gasteiger partial charge in [0.05, 0.1) is 14.2 Å². The third-order valence-corrected chi connectivity index (χ3v) is 8.05. The van der Waals surface area contributed by atoms with Crippen LogP contribution in [0.3, 0.4) is 0 Å². The monoisotopic (exact) mass is 434 g/mol. The zero-order valence-corrected chi connectivity index (χ0v) is 19.3. The van der Waals surface area contributed by atoms with E-state index in [1.54, 1.807) is 14.2 Å². The molecule has 1 heterocycles. The van der Waals surface area contributed by atoms with Crippen molar-refractivity contribution in [3.63, 3.8) is 0 Å². The Morgan fingerprint density at radius 2 is 1.78 bits per heavy atom. The number of carbonyl (C=O) groups is 1. The molecule has 0 spiro atoms. The van der Waals surface area contributed by atoms with Crippen LogP contribution in [0.15, 0.2) is 42.5 Å². The summed E-state index contributed by atoms with van der Waals surface area (Å²) in [5, 5.41) is 3.86. The molecule has 2 aromatic rings. The fraction of sp³-hybridized carbons (Fsp3) is 0.519. The van der Waals surface area contributed by atoms with E-state index in [0.717, 1.165) is 42.9 Å². The number of nitrogens with one attached hydrogen (secondary N) is 1.